The van der Waals surface area contributed by atoms with Crippen molar-refractivity contribution >= 4 is 34.0 Å². The molecule has 0 aromatic heterocycles. The Hall–Kier alpha value is -3.15. The first-order valence-corrected chi connectivity index (χ1v) is 11.2. The summed E-state index contributed by atoms with van der Waals surface area (Å²) in [4.78, 5) is 46.8. The number of rotatable bonds is 6. The molecule has 0 aliphatic heterocycles. The van der Waals surface area contributed by atoms with E-state index in [1.54, 1.807) is 23.8 Å². The van der Waals surface area contributed by atoms with Gasteiger partial charge in [0.1, 0.15) is 12.2 Å². The average Bonchev–Trinajstić information content (AvgIpc) is 2.65. The highest BCUT2D eigenvalue weighted by Crippen LogP contribution is 2.30. The summed E-state index contributed by atoms with van der Waals surface area (Å²) in [5.41, 5.74) is 0.830. The van der Waals surface area contributed by atoms with Crippen molar-refractivity contribution in [2.75, 3.05) is 0 Å². The molecule has 1 aromatic rings. The van der Waals surface area contributed by atoms with Crippen LogP contribution in [0.5, 0.6) is 0 Å². The van der Waals surface area contributed by atoms with Gasteiger partial charge in [0.05, 0.1) is 4.90 Å². The van der Waals surface area contributed by atoms with Crippen molar-refractivity contribution in [2.45, 2.75) is 69.8 Å². The first-order chi connectivity index (χ1) is 14.9. The van der Waals surface area contributed by atoms with Gasteiger partial charge in [-0.3, -0.25) is 14.4 Å². The monoisotopic (exact) mass is 471 g/mol. The Labute approximate surface area is 185 Å². The molecule has 1 aromatic carbocycles. The van der Waals surface area contributed by atoms with Crippen LogP contribution in [-0.2, 0) is 43.4 Å². The van der Waals surface area contributed by atoms with Gasteiger partial charge >= 0.3 is 24.0 Å². The largest absolute Gasteiger partial charge is 0.458 e. The molecule has 0 radical (unpaired) electrons. The van der Waals surface area contributed by atoms with Gasteiger partial charge in [-0.2, -0.15) is 0 Å². The molecule has 1 amide bonds. The van der Waals surface area contributed by atoms with Crippen LogP contribution in [-0.4, -0.2) is 56.8 Å². The van der Waals surface area contributed by atoms with Crippen LogP contribution in [0.15, 0.2) is 29.2 Å². The Morgan fingerprint density at radius 1 is 0.781 bits per heavy atom. The SMILES string of the molecule is CC(=O)OC1CCC(OC(=O)NS(=O)(=O)c2ccc(C)cc2)C(OC(C)=O)C1OC(C)=O. The fourth-order valence-corrected chi connectivity index (χ4v) is 4.14. The van der Waals surface area contributed by atoms with E-state index in [9.17, 15) is 27.6 Å². The Balaban J connectivity index is 2.20. The maximum atomic E-state index is 12.4. The van der Waals surface area contributed by atoms with Gasteiger partial charge in [-0.25, -0.2) is 17.9 Å². The molecule has 32 heavy (non-hydrogen) atoms. The molecule has 0 saturated heterocycles. The second kappa shape index (κ2) is 10.4. The third-order valence-electron chi connectivity index (χ3n) is 4.52. The van der Waals surface area contributed by atoms with Gasteiger partial charge in [0.25, 0.3) is 10.0 Å². The Bertz CT molecular complexity index is 973. The molecule has 4 atom stereocenters. The van der Waals surface area contributed by atoms with Crippen LogP contribution in [0.25, 0.3) is 0 Å². The van der Waals surface area contributed by atoms with Crippen molar-refractivity contribution in [2.24, 2.45) is 0 Å². The summed E-state index contributed by atoms with van der Waals surface area (Å²) in [5.74, 6) is -2.15. The smallest absolute Gasteiger partial charge is 0.421 e. The highest BCUT2D eigenvalue weighted by Gasteiger charge is 2.47. The van der Waals surface area contributed by atoms with Crippen molar-refractivity contribution in [1.82, 2.24) is 4.72 Å². The van der Waals surface area contributed by atoms with Gasteiger partial charge in [-0.05, 0) is 31.9 Å². The maximum absolute atomic E-state index is 12.4. The minimum atomic E-state index is -4.21. The van der Waals surface area contributed by atoms with Crippen LogP contribution < -0.4 is 4.72 Å². The third-order valence-corrected chi connectivity index (χ3v) is 5.85. The van der Waals surface area contributed by atoms with E-state index >= 15 is 0 Å². The molecular weight excluding hydrogens is 446 g/mol. The van der Waals surface area contributed by atoms with Crippen LogP contribution in [0.2, 0.25) is 0 Å². The molecule has 12 heteroatoms. The molecule has 2 rings (SSSR count). The van der Waals surface area contributed by atoms with E-state index in [2.05, 4.69) is 0 Å². The number of hydrogen-bond donors (Lipinski definition) is 1. The Morgan fingerprint density at radius 3 is 1.66 bits per heavy atom. The van der Waals surface area contributed by atoms with E-state index in [1.165, 1.54) is 12.1 Å². The zero-order chi connectivity index (χ0) is 24.1. The van der Waals surface area contributed by atoms with E-state index in [-0.39, 0.29) is 17.7 Å². The lowest BCUT2D eigenvalue weighted by molar-refractivity contribution is -0.203. The predicted octanol–water partition coefficient (Wildman–Crippen LogP) is 1.37. The van der Waals surface area contributed by atoms with Crippen LogP contribution in [0.1, 0.15) is 39.2 Å². The lowest BCUT2D eigenvalue weighted by Crippen LogP contribution is -2.56. The summed E-state index contributed by atoms with van der Waals surface area (Å²) in [5, 5.41) is 0. The molecule has 1 aliphatic rings. The van der Waals surface area contributed by atoms with Crippen molar-refractivity contribution in [3.05, 3.63) is 29.8 Å². The van der Waals surface area contributed by atoms with Crippen molar-refractivity contribution in [1.29, 1.82) is 0 Å². The summed E-state index contributed by atoms with van der Waals surface area (Å²) in [6.45, 7) is 5.15. The number of esters is 3. The Morgan fingerprint density at radius 2 is 1.22 bits per heavy atom. The number of sulfonamides is 1. The Kier molecular flexibility index (Phi) is 8.19. The van der Waals surface area contributed by atoms with Gasteiger partial charge in [0, 0.05) is 20.8 Å². The highest BCUT2D eigenvalue weighted by atomic mass is 32.2. The van der Waals surface area contributed by atoms with Crippen LogP contribution in [0.4, 0.5) is 4.79 Å². The fourth-order valence-electron chi connectivity index (χ4n) is 3.26. The number of hydrogen-bond acceptors (Lipinski definition) is 10. The van der Waals surface area contributed by atoms with Crippen LogP contribution >= 0.6 is 0 Å². The van der Waals surface area contributed by atoms with Gasteiger partial charge in [-0.1, -0.05) is 17.7 Å². The molecule has 11 nitrogen and oxygen atoms in total. The predicted molar refractivity (Wildman–Crippen MR) is 108 cm³/mol. The van der Waals surface area contributed by atoms with Crippen molar-refractivity contribution in [3.63, 3.8) is 0 Å². The lowest BCUT2D eigenvalue weighted by Gasteiger charge is -2.39. The zero-order valence-electron chi connectivity index (χ0n) is 18.0. The number of carbonyl (C=O) groups is 4. The maximum Gasteiger partial charge on any atom is 0.421 e. The molecule has 0 bridgehead atoms. The third kappa shape index (κ3) is 6.94. The average molecular weight is 471 g/mol. The second-order valence-corrected chi connectivity index (χ2v) is 8.92. The summed E-state index contributed by atoms with van der Waals surface area (Å²) in [7, 11) is -4.21. The molecule has 4 unspecified atom stereocenters. The van der Waals surface area contributed by atoms with Gasteiger partial charge in [0.2, 0.25) is 0 Å². The minimum Gasteiger partial charge on any atom is -0.458 e. The topological polar surface area (TPSA) is 151 Å². The number of aryl methyl sites for hydroxylation is 1. The highest BCUT2D eigenvalue weighted by molar-refractivity contribution is 7.90. The van der Waals surface area contributed by atoms with E-state index in [4.69, 9.17) is 18.9 Å². The van der Waals surface area contributed by atoms with Crippen molar-refractivity contribution < 1.29 is 46.5 Å². The lowest BCUT2D eigenvalue weighted by atomic mass is 9.89. The number of ether oxygens (including phenoxy) is 4. The van der Waals surface area contributed by atoms with E-state index in [0.717, 1.165) is 26.3 Å². The van der Waals surface area contributed by atoms with E-state index in [1.807, 2.05) is 0 Å². The normalized spacial score (nSPS) is 22.9. The first-order valence-electron chi connectivity index (χ1n) is 9.71. The van der Waals surface area contributed by atoms with Crippen LogP contribution in [0, 0.1) is 6.92 Å². The molecule has 0 heterocycles. The quantitative estimate of drug-likeness (QED) is 0.476. The fraction of sp³-hybridized carbons (Fsp3) is 0.500. The summed E-state index contributed by atoms with van der Waals surface area (Å²) in [6.07, 6.45) is -5.82. The van der Waals surface area contributed by atoms with E-state index < -0.39 is 58.4 Å². The van der Waals surface area contributed by atoms with Crippen LogP contribution in [0.3, 0.4) is 0 Å². The number of amides is 1. The molecule has 1 saturated carbocycles. The molecule has 1 N–H and O–H groups in total. The number of benzene rings is 1. The summed E-state index contributed by atoms with van der Waals surface area (Å²) < 4.78 is 47.4. The zero-order valence-corrected chi connectivity index (χ0v) is 18.8. The summed E-state index contributed by atoms with van der Waals surface area (Å²) >= 11 is 0. The second-order valence-electron chi connectivity index (χ2n) is 7.24. The van der Waals surface area contributed by atoms with Crippen molar-refractivity contribution in [3.8, 4) is 0 Å². The standard InChI is InChI=1S/C20H25NO10S/c1-11-5-7-15(8-6-11)32(26,27)21-20(25)31-17-10-9-16(28-12(2)22)18(29-13(3)23)19(17)30-14(4)24/h5-8,16-19H,9-10H2,1-4H3,(H,21,25). The molecule has 0 spiro atoms. The van der Waals surface area contributed by atoms with E-state index in [0.29, 0.717) is 0 Å². The van der Waals surface area contributed by atoms with Gasteiger partial charge in [0.15, 0.2) is 12.2 Å². The molecule has 1 aliphatic carbocycles. The van der Waals surface area contributed by atoms with Gasteiger partial charge in [-0.15, -0.1) is 0 Å². The number of carbonyl (C=O) groups excluding carboxylic acids is 4. The number of nitrogens with one attached hydrogen (secondary N) is 1. The first kappa shape index (κ1) is 25.1. The van der Waals surface area contributed by atoms with Gasteiger partial charge < -0.3 is 18.9 Å². The summed E-state index contributed by atoms with van der Waals surface area (Å²) in [6, 6.07) is 5.79. The molecular formula is C20H25NO10S. The minimum absolute atomic E-state index is 0.0473. The molecule has 1 fully saturated rings. The molecule has 176 valence electrons.